The zero-order chi connectivity index (χ0) is 14.2. The summed E-state index contributed by atoms with van der Waals surface area (Å²) in [4.78, 5) is 2.00. The van der Waals surface area contributed by atoms with Gasteiger partial charge in [-0.3, -0.25) is 0 Å². The predicted octanol–water partition coefficient (Wildman–Crippen LogP) is -0.337. The van der Waals surface area contributed by atoms with Gasteiger partial charge in [0, 0.05) is 13.6 Å². The fraction of sp³-hybridized carbons (Fsp3) is 0.700. The number of likely N-dealkylation sites (tertiary alicyclic amines) is 1. The van der Waals surface area contributed by atoms with E-state index in [0.717, 1.165) is 22.0 Å². The molecule has 19 heavy (non-hydrogen) atoms. The number of aryl methyl sites for hydroxylation is 1. The van der Waals surface area contributed by atoms with Crippen LogP contribution in [-0.4, -0.2) is 49.3 Å². The standard InChI is InChI=1S/C10H18FN5O2S/c1-14-5-3-4-8(7-14)16(19(12,17)18)9-6-13-15(2)10(9)11/h6,8H,3-5,7H2,1-2H3,(H2,12,17,18). The topological polar surface area (TPSA) is 84.5 Å². The second-order valence-electron chi connectivity index (χ2n) is 4.84. The molecule has 0 amide bonds. The molecule has 0 aliphatic carbocycles. The van der Waals surface area contributed by atoms with Crippen LogP contribution < -0.4 is 9.44 Å². The monoisotopic (exact) mass is 291 g/mol. The lowest BCUT2D eigenvalue weighted by atomic mass is 10.1. The van der Waals surface area contributed by atoms with Gasteiger partial charge in [-0.2, -0.15) is 17.9 Å². The Bertz CT molecular complexity index is 558. The van der Waals surface area contributed by atoms with Crippen molar-refractivity contribution in [3.05, 3.63) is 12.1 Å². The molecule has 1 aromatic rings. The molecular weight excluding hydrogens is 273 g/mol. The van der Waals surface area contributed by atoms with Crippen molar-refractivity contribution in [2.45, 2.75) is 18.9 Å². The molecule has 1 unspecified atom stereocenters. The summed E-state index contributed by atoms with van der Waals surface area (Å²) < 4.78 is 39.4. The molecule has 0 saturated carbocycles. The molecule has 1 aliphatic heterocycles. The Morgan fingerprint density at radius 1 is 1.53 bits per heavy atom. The van der Waals surface area contributed by atoms with E-state index in [0.29, 0.717) is 13.0 Å². The van der Waals surface area contributed by atoms with E-state index in [4.69, 9.17) is 5.14 Å². The molecule has 1 fully saturated rings. The SMILES string of the molecule is CN1CCCC(N(c2cnn(C)c2F)S(N)(=O)=O)C1. The van der Waals surface area contributed by atoms with Crippen molar-refractivity contribution >= 4 is 15.9 Å². The lowest BCUT2D eigenvalue weighted by Crippen LogP contribution is -2.51. The number of hydrogen-bond donors (Lipinski definition) is 1. The molecule has 9 heteroatoms. The fourth-order valence-corrected chi connectivity index (χ4v) is 3.42. The third-order valence-electron chi connectivity index (χ3n) is 3.29. The molecule has 0 radical (unpaired) electrons. The first-order chi connectivity index (χ1) is 8.80. The van der Waals surface area contributed by atoms with Crippen molar-refractivity contribution in [3.63, 3.8) is 0 Å². The van der Waals surface area contributed by atoms with Gasteiger partial charge in [0.25, 0.3) is 10.2 Å². The third-order valence-corrected chi connectivity index (χ3v) is 4.33. The van der Waals surface area contributed by atoms with Gasteiger partial charge >= 0.3 is 0 Å². The molecule has 0 bridgehead atoms. The van der Waals surface area contributed by atoms with Crippen LogP contribution in [-0.2, 0) is 17.3 Å². The molecule has 1 atom stereocenters. The number of aromatic nitrogens is 2. The Hall–Kier alpha value is -1.19. The molecule has 0 spiro atoms. The van der Waals surface area contributed by atoms with Gasteiger partial charge in [0.15, 0.2) is 0 Å². The number of hydrogen-bond acceptors (Lipinski definition) is 4. The highest BCUT2D eigenvalue weighted by Crippen LogP contribution is 2.26. The second kappa shape index (κ2) is 5.06. The molecule has 7 nitrogen and oxygen atoms in total. The Morgan fingerprint density at radius 2 is 2.21 bits per heavy atom. The lowest BCUT2D eigenvalue weighted by molar-refractivity contribution is 0.252. The molecule has 0 aromatic carbocycles. The first kappa shape index (κ1) is 14.2. The average molecular weight is 291 g/mol. The van der Waals surface area contributed by atoms with Gasteiger partial charge in [0.1, 0.15) is 5.69 Å². The first-order valence-electron chi connectivity index (χ1n) is 5.99. The minimum absolute atomic E-state index is 0.0923. The first-order valence-corrected chi connectivity index (χ1v) is 7.49. The summed E-state index contributed by atoms with van der Waals surface area (Å²) in [6.45, 7) is 1.41. The maximum atomic E-state index is 13.9. The molecule has 2 heterocycles. The van der Waals surface area contributed by atoms with Crippen molar-refractivity contribution in [3.8, 4) is 0 Å². The number of halogens is 1. The minimum Gasteiger partial charge on any atom is -0.304 e. The zero-order valence-electron chi connectivity index (χ0n) is 11.0. The lowest BCUT2D eigenvalue weighted by Gasteiger charge is -2.36. The van der Waals surface area contributed by atoms with Crippen LogP contribution in [0.5, 0.6) is 0 Å². The Morgan fingerprint density at radius 3 is 2.68 bits per heavy atom. The number of nitrogens with two attached hydrogens (primary N) is 1. The second-order valence-corrected chi connectivity index (χ2v) is 6.27. The number of likely N-dealkylation sites (N-methyl/N-ethyl adjacent to an activating group) is 1. The number of piperidine rings is 1. The van der Waals surface area contributed by atoms with Crippen LogP contribution in [0.4, 0.5) is 10.1 Å². The summed E-state index contributed by atoms with van der Waals surface area (Å²) in [5, 5.41) is 8.97. The van der Waals surface area contributed by atoms with E-state index in [1.807, 2.05) is 11.9 Å². The van der Waals surface area contributed by atoms with E-state index in [9.17, 15) is 12.8 Å². The van der Waals surface area contributed by atoms with Gasteiger partial charge in [-0.05, 0) is 26.4 Å². The molecule has 1 aromatic heterocycles. The van der Waals surface area contributed by atoms with Crippen molar-refractivity contribution in [2.75, 3.05) is 24.4 Å². The van der Waals surface area contributed by atoms with Crippen molar-refractivity contribution in [1.82, 2.24) is 14.7 Å². The number of anilines is 1. The van der Waals surface area contributed by atoms with Gasteiger partial charge in [-0.15, -0.1) is 0 Å². The van der Waals surface area contributed by atoms with E-state index < -0.39 is 16.2 Å². The van der Waals surface area contributed by atoms with Crippen LogP contribution in [0.3, 0.4) is 0 Å². The summed E-state index contributed by atoms with van der Waals surface area (Å²) in [6, 6.07) is -0.368. The molecule has 1 saturated heterocycles. The summed E-state index contributed by atoms with van der Waals surface area (Å²) in [5.74, 6) is -0.706. The molecule has 2 rings (SSSR count). The minimum atomic E-state index is -4.04. The van der Waals surface area contributed by atoms with Gasteiger partial charge in [-0.25, -0.2) is 14.1 Å². The highest BCUT2D eigenvalue weighted by atomic mass is 32.2. The van der Waals surface area contributed by atoms with E-state index in [-0.39, 0.29) is 11.7 Å². The number of nitrogens with zero attached hydrogens (tertiary/aromatic N) is 4. The Balaban J connectivity index is 2.40. The van der Waals surface area contributed by atoms with Crippen LogP contribution in [0, 0.1) is 5.95 Å². The van der Waals surface area contributed by atoms with Crippen LogP contribution in [0.2, 0.25) is 0 Å². The summed E-state index contributed by atoms with van der Waals surface area (Å²) in [5.41, 5.74) is -0.0923. The largest absolute Gasteiger partial charge is 0.304 e. The number of rotatable bonds is 3. The predicted molar refractivity (Wildman–Crippen MR) is 69.3 cm³/mol. The molecule has 108 valence electrons. The van der Waals surface area contributed by atoms with Crippen LogP contribution in [0.15, 0.2) is 6.20 Å². The average Bonchev–Trinajstić information content (AvgIpc) is 2.60. The van der Waals surface area contributed by atoms with Crippen molar-refractivity contribution < 1.29 is 12.8 Å². The van der Waals surface area contributed by atoms with Gasteiger partial charge in [-0.1, -0.05) is 0 Å². The van der Waals surface area contributed by atoms with Crippen LogP contribution >= 0.6 is 0 Å². The summed E-state index contributed by atoms with van der Waals surface area (Å²) in [6.07, 6.45) is 2.68. The van der Waals surface area contributed by atoms with E-state index in [1.54, 1.807) is 0 Å². The van der Waals surface area contributed by atoms with Gasteiger partial charge in [0.2, 0.25) is 5.95 Å². The normalized spacial score (nSPS) is 21.6. The quantitative estimate of drug-likeness (QED) is 0.826. The zero-order valence-corrected chi connectivity index (χ0v) is 11.8. The maximum Gasteiger partial charge on any atom is 0.299 e. The maximum absolute atomic E-state index is 13.9. The Labute approximate surface area is 112 Å². The van der Waals surface area contributed by atoms with Crippen LogP contribution in [0.25, 0.3) is 0 Å². The molecular formula is C10H18FN5O2S. The van der Waals surface area contributed by atoms with Crippen molar-refractivity contribution in [2.24, 2.45) is 12.2 Å². The van der Waals surface area contributed by atoms with Gasteiger partial charge < -0.3 is 4.90 Å². The highest BCUT2D eigenvalue weighted by Gasteiger charge is 2.33. The van der Waals surface area contributed by atoms with Crippen LogP contribution in [0.1, 0.15) is 12.8 Å². The molecule has 2 N–H and O–H groups in total. The Kier molecular flexibility index (Phi) is 3.79. The van der Waals surface area contributed by atoms with Gasteiger partial charge in [0.05, 0.1) is 12.2 Å². The highest BCUT2D eigenvalue weighted by molar-refractivity contribution is 7.90. The van der Waals surface area contributed by atoms with E-state index in [2.05, 4.69) is 5.10 Å². The van der Waals surface area contributed by atoms with E-state index >= 15 is 0 Å². The van der Waals surface area contributed by atoms with Crippen molar-refractivity contribution in [1.29, 1.82) is 0 Å². The van der Waals surface area contributed by atoms with E-state index in [1.165, 1.54) is 13.2 Å². The third kappa shape index (κ3) is 2.88. The summed E-state index contributed by atoms with van der Waals surface area (Å²) >= 11 is 0. The summed E-state index contributed by atoms with van der Waals surface area (Å²) in [7, 11) is -0.731. The smallest absolute Gasteiger partial charge is 0.299 e. The molecule has 1 aliphatic rings. The fourth-order valence-electron chi connectivity index (χ4n) is 2.43.